The molecule has 0 saturated heterocycles. The molecular formula is C18H22N4O2. The Morgan fingerprint density at radius 3 is 1.75 bits per heavy atom. The van der Waals surface area contributed by atoms with Crippen LogP contribution >= 0.6 is 0 Å². The number of nitrogens with two attached hydrogens (primary N) is 2. The second-order valence-electron chi connectivity index (χ2n) is 5.74. The van der Waals surface area contributed by atoms with E-state index in [1.165, 1.54) is 0 Å². The number of anilines is 2. The lowest BCUT2D eigenvalue weighted by Gasteiger charge is -2.23. The summed E-state index contributed by atoms with van der Waals surface area (Å²) in [5, 5.41) is 5.48. The monoisotopic (exact) mass is 326 g/mol. The van der Waals surface area contributed by atoms with Gasteiger partial charge < -0.3 is 22.1 Å². The SMILES string of the molecule is NC(N)(CCC(=O)Nc1ccccc1)CC(=O)Nc1ccccc1. The number of amides is 2. The second kappa shape index (κ2) is 8.24. The minimum absolute atomic E-state index is 0.0689. The van der Waals surface area contributed by atoms with Gasteiger partial charge in [0.05, 0.1) is 12.1 Å². The Kier molecular flexibility index (Phi) is 6.06. The summed E-state index contributed by atoms with van der Waals surface area (Å²) in [7, 11) is 0. The predicted molar refractivity (Wildman–Crippen MR) is 95.1 cm³/mol. The van der Waals surface area contributed by atoms with Crippen molar-refractivity contribution in [1.82, 2.24) is 0 Å². The Hall–Kier alpha value is -2.70. The maximum atomic E-state index is 12.0. The zero-order valence-electron chi connectivity index (χ0n) is 13.4. The zero-order valence-corrected chi connectivity index (χ0v) is 13.4. The minimum atomic E-state index is -1.24. The first-order chi connectivity index (χ1) is 11.4. The molecule has 0 aliphatic rings. The molecule has 6 nitrogen and oxygen atoms in total. The third-order valence-corrected chi connectivity index (χ3v) is 3.42. The molecule has 0 bridgehead atoms. The summed E-state index contributed by atoms with van der Waals surface area (Å²) in [6, 6.07) is 18.2. The van der Waals surface area contributed by atoms with Crippen LogP contribution < -0.4 is 22.1 Å². The van der Waals surface area contributed by atoms with Gasteiger partial charge in [0.15, 0.2) is 0 Å². The van der Waals surface area contributed by atoms with E-state index in [-0.39, 0.29) is 31.1 Å². The third kappa shape index (κ3) is 6.20. The molecule has 24 heavy (non-hydrogen) atoms. The summed E-state index contributed by atoms with van der Waals surface area (Å²) in [6.07, 6.45) is 0.273. The fourth-order valence-corrected chi connectivity index (χ4v) is 2.21. The number of carbonyl (C=O) groups excluding carboxylic acids is 2. The lowest BCUT2D eigenvalue weighted by Crippen LogP contribution is -2.52. The van der Waals surface area contributed by atoms with Crippen molar-refractivity contribution in [3.8, 4) is 0 Å². The highest BCUT2D eigenvalue weighted by atomic mass is 16.2. The summed E-state index contributed by atoms with van der Waals surface area (Å²) in [5.41, 5.74) is 12.0. The molecule has 0 aliphatic carbocycles. The van der Waals surface area contributed by atoms with E-state index in [2.05, 4.69) is 10.6 Å². The van der Waals surface area contributed by atoms with Crippen molar-refractivity contribution >= 4 is 23.2 Å². The Balaban J connectivity index is 1.78. The Morgan fingerprint density at radius 1 is 0.792 bits per heavy atom. The Labute approximate surface area is 141 Å². The van der Waals surface area contributed by atoms with Crippen LogP contribution in [-0.2, 0) is 9.59 Å². The fourth-order valence-electron chi connectivity index (χ4n) is 2.21. The highest BCUT2D eigenvalue weighted by Gasteiger charge is 2.24. The smallest absolute Gasteiger partial charge is 0.227 e. The molecule has 0 aromatic heterocycles. The van der Waals surface area contributed by atoms with E-state index in [1.54, 1.807) is 24.3 Å². The van der Waals surface area contributed by atoms with Crippen LogP contribution in [0.5, 0.6) is 0 Å². The van der Waals surface area contributed by atoms with E-state index in [9.17, 15) is 9.59 Å². The largest absolute Gasteiger partial charge is 0.326 e. The van der Waals surface area contributed by atoms with E-state index < -0.39 is 5.66 Å². The highest BCUT2D eigenvalue weighted by molar-refractivity contribution is 5.92. The summed E-state index contributed by atoms with van der Waals surface area (Å²) in [5.74, 6) is -0.473. The average molecular weight is 326 g/mol. The maximum absolute atomic E-state index is 12.0. The van der Waals surface area contributed by atoms with Crippen molar-refractivity contribution in [2.45, 2.75) is 24.9 Å². The van der Waals surface area contributed by atoms with Crippen LogP contribution in [-0.4, -0.2) is 17.5 Å². The van der Waals surface area contributed by atoms with E-state index in [0.29, 0.717) is 11.4 Å². The molecular weight excluding hydrogens is 304 g/mol. The predicted octanol–water partition coefficient (Wildman–Crippen LogP) is 2.05. The summed E-state index contributed by atoms with van der Waals surface area (Å²) in [6.45, 7) is 0. The highest BCUT2D eigenvalue weighted by Crippen LogP contribution is 2.13. The lowest BCUT2D eigenvalue weighted by molar-refractivity contribution is -0.119. The first kappa shape index (κ1) is 17.7. The van der Waals surface area contributed by atoms with Crippen LogP contribution in [0.2, 0.25) is 0 Å². The molecule has 126 valence electrons. The van der Waals surface area contributed by atoms with E-state index in [4.69, 9.17) is 11.5 Å². The van der Waals surface area contributed by atoms with Crippen molar-refractivity contribution in [2.75, 3.05) is 10.6 Å². The number of carbonyl (C=O) groups is 2. The molecule has 2 aromatic carbocycles. The van der Waals surface area contributed by atoms with Crippen LogP contribution in [0.15, 0.2) is 60.7 Å². The van der Waals surface area contributed by atoms with Gasteiger partial charge in [0, 0.05) is 17.8 Å². The van der Waals surface area contributed by atoms with E-state index in [1.807, 2.05) is 36.4 Å². The van der Waals surface area contributed by atoms with Crippen molar-refractivity contribution in [3.05, 3.63) is 60.7 Å². The van der Waals surface area contributed by atoms with Gasteiger partial charge in [-0.05, 0) is 30.7 Å². The van der Waals surface area contributed by atoms with Crippen molar-refractivity contribution in [1.29, 1.82) is 0 Å². The maximum Gasteiger partial charge on any atom is 0.227 e. The summed E-state index contributed by atoms with van der Waals surface area (Å²) in [4.78, 5) is 23.9. The Morgan fingerprint density at radius 2 is 1.25 bits per heavy atom. The van der Waals surface area contributed by atoms with Gasteiger partial charge in [-0.25, -0.2) is 0 Å². The number of benzene rings is 2. The molecule has 6 N–H and O–H groups in total. The first-order valence-electron chi connectivity index (χ1n) is 7.72. The summed E-state index contributed by atoms with van der Waals surface area (Å²) < 4.78 is 0. The van der Waals surface area contributed by atoms with Crippen LogP contribution in [0.1, 0.15) is 19.3 Å². The van der Waals surface area contributed by atoms with Gasteiger partial charge in [0.1, 0.15) is 0 Å². The molecule has 0 saturated carbocycles. The average Bonchev–Trinajstić information content (AvgIpc) is 2.54. The van der Waals surface area contributed by atoms with Crippen LogP contribution in [0, 0.1) is 0 Å². The molecule has 0 aliphatic heterocycles. The van der Waals surface area contributed by atoms with Crippen molar-refractivity contribution in [2.24, 2.45) is 11.5 Å². The molecule has 0 fully saturated rings. The van der Waals surface area contributed by atoms with Crippen LogP contribution in [0.4, 0.5) is 11.4 Å². The van der Waals surface area contributed by atoms with Crippen LogP contribution in [0.25, 0.3) is 0 Å². The first-order valence-corrected chi connectivity index (χ1v) is 7.72. The third-order valence-electron chi connectivity index (χ3n) is 3.42. The van der Waals surface area contributed by atoms with Gasteiger partial charge >= 0.3 is 0 Å². The number of hydrogen-bond donors (Lipinski definition) is 4. The molecule has 0 radical (unpaired) electrons. The number of hydrogen-bond acceptors (Lipinski definition) is 4. The van der Waals surface area contributed by atoms with E-state index in [0.717, 1.165) is 0 Å². The number of rotatable bonds is 7. The van der Waals surface area contributed by atoms with Crippen LogP contribution in [0.3, 0.4) is 0 Å². The molecule has 2 aromatic rings. The standard InChI is InChI=1S/C18H22N4O2/c19-18(20,13-17(24)22-15-9-5-2-6-10-15)12-11-16(23)21-14-7-3-1-4-8-14/h1-10H,11-13,19-20H2,(H,21,23)(H,22,24). The quantitative estimate of drug-likeness (QED) is 0.584. The summed E-state index contributed by atoms with van der Waals surface area (Å²) >= 11 is 0. The number of nitrogens with one attached hydrogen (secondary N) is 2. The zero-order chi connectivity index (χ0) is 17.4. The minimum Gasteiger partial charge on any atom is -0.326 e. The second-order valence-corrected chi connectivity index (χ2v) is 5.74. The number of para-hydroxylation sites is 2. The molecule has 2 amide bonds. The van der Waals surface area contributed by atoms with Gasteiger partial charge in [-0.1, -0.05) is 36.4 Å². The molecule has 2 rings (SSSR count). The Bertz CT molecular complexity index is 672. The fraction of sp³-hybridized carbons (Fsp3) is 0.222. The topological polar surface area (TPSA) is 110 Å². The molecule has 0 heterocycles. The van der Waals surface area contributed by atoms with Crippen molar-refractivity contribution < 1.29 is 9.59 Å². The molecule has 6 heteroatoms. The van der Waals surface area contributed by atoms with Gasteiger partial charge in [0.2, 0.25) is 11.8 Å². The van der Waals surface area contributed by atoms with Gasteiger partial charge in [-0.3, -0.25) is 9.59 Å². The van der Waals surface area contributed by atoms with Gasteiger partial charge in [-0.2, -0.15) is 0 Å². The molecule has 0 atom stereocenters. The van der Waals surface area contributed by atoms with Crippen molar-refractivity contribution in [3.63, 3.8) is 0 Å². The van der Waals surface area contributed by atoms with Gasteiger partial charge in [-0.15, -0.1) is 0 Å². The van der Waals surface area contributed by atoms with Gasteiger partial charge in [0.25, 0.3) is 0 Å². The lowest BCUT2D eigenvalue weighted by atomic mass is 10.0. The normalized spacial score (nSPS) is 10.9. The molecule has 0 spiro atoms. The molecule has 0 unspecified atom stereocenters. The van der Waals surface area contributed by atoms with E-state index >= 15 is 0 Å².